The molecule has 1 aromatic carbocycles. The highest BCUT2D eigenvalue weighted by molar-refractivity contribution is 5.95. The van der Waals surface area contributed by atoms with Crippen LogP contribution in [0.2, 0.25) is 0 Å². The number of esters is 1. The van der Waals surface area contributed by atoms with Crippen molar-refractivity contribution in [3.05, 3.63) is 53.7 Å². The maximum atomic E-state index is 12.1. The molecule has 0 radical (unpaired) electrons. The highest BCUT2D eigenvalue weighted by Crippen LogP contribution is 2.16. The van der Waals surface area contributed by atoms with Gasteiger partial charge in [-0.25, -0.2) is 9.78 Å². The predicted octanol–water partition coefficient (Wildman–Crippen LogP) is 1.63. The summed E-state index contributed by atoms with van der Waals surface area (Å²) in [6.45, 7) is 1.65. The minimum atomic E-state index is -0.891. The second kappa shape index (κ2) is 6.01. The van der Waals surface area contributed by atoms with Gasteiger partial charge >= 0.3 is 5.97 Å². The molecule has 2 aromatic rings. The summed E-state index contributed by atoms with van der Waals surface area (Å²) in [7, 11) is 1.27. The molecule has 20 heavy (non-hydrogen) atoms. The number of hydrogen-bond donors (Lipinski definition) is 1. The average molecular weight is 274 g/mol. The molecule has 0 saturated heterocycles. The van der Waals surface area contributed by atoms with Gasteiger partial charge in [0.05, 0.1) is 12.8 Å². The topological polar surface area (TPSA) is 81.4 Å². The van der Waals surface area contributed by atoms with Crippen molar-refractivity contribution in [2.45, 2.75) is 13.0 Å². The number of rotatable bonds is 4. The van der Waals surface area contributed by atoms with Crippen LogP contribution in [0, 0.1) is 6.92 Å². The van der Waals surface area contributed by atoms with Gasteiger partial charge in [0, 0.05) is 0 Å². The molecule has 2 rings (SSSR count). The number of methoxy groups -OCH3 is 1. The van der Waals surface area contributed by atoms with Crippen molar-refractivity contribution < 1.29 is 18.7 Å². The molecule has 1 atom stereocenters. The van der Waals surface area contributed by atoms with Gasteiger partial charge in [-0.3, -0.25) is 4.79 Å². The highest BCUT2D eigenvalue weighted by atomic mass is 16.5. The fourth-order valence-corrected chi connectivity index (χ4v) is 1.76. The first kappa shape index (κ1) is 13.8. The van der Waals surface area contributed by atoms with Crippen molar-refractivity contribution in [2.75, 3.05) is 7.11 Å². The molecule has 104 valence electrons. The highest BCUT2D eigenvalue weighted by Gasteiger charge is 2.26. The lowest BCUT2D eigenvalue weighted by atomic mass is 10.1. The molecule has 1 N–H and O–H groups in total. The molecule has 0 spiro atoms. The zero-order chi connectivity index (χ0) is 14.5. The second-order valence-electron chi connectivity index (χ2n) is 4.11. The van der Waals surface area contributed by atoms with E-state index in [1.165, 1.54) is 13.5 Å². The molecule has 0 saturated carbocycles. The Kier molecular flexibility index (Phi) is 4.14. The Morgan fingerprint density at radius 1 is 1.30 bits per heavy atom. The summed E-state index contributed by atoms with van der Waals surface area (Å²) in [6, 6.07) is 7.94. The molecule has 1 heterocycles. The third kappa shape index (κ3) is 2.85. The molecule has 1 amide bonds. The largest absolute Gasteiger partial charge is 0.467 e. The summed E-state index contributed by atoms with van der Waals surface area (Å²) in [4.78, 5) is 27.7. The summed E-state index contributed by atoms with van der Waals surface area (Å²) in [5.74, 6) is -0.990. The first-order valence-corrected chi connectivity index (χ1v) is 5.97. The zero-order valence-electron chi connectivity index (χ0n) is 11.1. The van der Waals surface area contributed by atoms with Crippen molar-refractivity contribution in [3.8, 4) is 0 Å². The predicted molar refractivity (Wildman–Crippen MR) is 69.9 cm³/mol. The molecule has 1 aromatic heterocycles. The Labute approximate surface area is 115 Å². The summed E-state index contributed by atoms with van der Waals surface area (Å²) in [5.41, 5.74) is 1.09. The van der Waals surface area contributed by atoms with E-state index in [1.54, 1.807) is 31.2 Å². The van der Waals surface area contributed by atoms with E-state index in [9.17, 15) is 9.59 Å². The van der Waals surface area contributed by atoms with Gasteiger partial charge in [0.25, 0.3) is 5.91 Å². The average Bonchev–Trinajstić information content (AvgIpc) is 2.91. The molecule has 0 aliphatic rings. The minimum Gasteiger partial charge on any atom is -0.467 e. The first-order chi connectivity index (χ1) is 9.63. The van der Waals surface area contributed by atoms with Crippen LogP contribution in [-0.2, 0) is 9.53 Å². The van der Waals surface area contributed by atoms with Crippen LogP contribution in [0.5, 0.6) is 0 Å². The van der Waals surface area contributed by atoms with Gasteiger partial charge in [0.2, 0.25) is 5.76 Å². The van der Waals surface area contributed by atoms with Crippen LogP contribution in [0.15, 0.2) is 41.1 Å². The number of amides is 1. The van der Waals surface area contributed by atoms with Crippen LogP contribution < -0.4 is 5.32 Å². The molecule has 0 bridgehead atoms. The number of aryl methyl sites for hydroxylation is 1. The van der Waals surface area contributed by atoms with E-state index in [2.05, 4.69) is 10.3 Å². The molecule has 0 aliphatic carbocycles. The molecule has 6 nitrogen and oxygen atoms in total. The number of nitrogens with zero attached hydrogens (tertiary/aromatic N) is 1. The summed E-state index contributed by atoms with van der Waals surface area (Å²) in [6.07, 6.45) is 1.18. The van der Waals surface area contributed by atoms with Gasteiger partial charge in [0.15, 0.2) is 12.4 Å². The number of carbonyl (C=O) groups is 2. The van der Waals surface area contributed by atoms with Gasteiger partial charge in [-0.1, -0.05) is 30.3 Å². The second-order valence-corrected chi connectivity index (χ2v) is 4.11. The third-order valence-corrected chi connectivity index (χ3v) is 2.80. The van der Waals surface area contributed by atoms with E-state index in [0.717, 1.165) is 0 Å². The third-order valence-electron chi connectivity index (χ3n) is 2.80. The van der Waals surface area contributed by atoms with Gasteiger partial charge in [0.1, 0.15) is 0 Å². The van der Waals surface area contributed by atoms with E-state index in [-0.39, 0.29) is 5.76 Å². The Bertz CT molecular complexity index is 607. The Hall–Kier alpha value is -2.63. The molecule has 0 aliphatic heterocycles. The number of aromatic nitrogens is 1. The fraction of sp³-hybridized carbons (Fsp3) is 0.214. The van der Waals surface area contributed by atoms with Crippen LogP contribution in [-0.4, -0.2) is 24.0 Å². The van der Waals surface area contributed by atoms with Gasteiger partial charge in [-0.15, -0.1) is 0 Å². The molecular formula is C14H14N2O4. The number of ether oxygens (including phenoxy) is 1. The SMILES string of the molecule is COC(=O)C(NC(=O)c1ocnc1C)c1ccccc1. The Balaban J connectivity index is 2.23. The smallest absolute Gasteiger partial charge is 0.333 e. The minimum absolute atomic E-state index is 0.0786. The molecular weight excluding hydrogens is 260 g/mol. The van der Waals surface area contributed by atoms with E-state index in [1.807, 2.05) is 6.07 Å². The van der Waals surface area contributed by atoms with Crippen molar-refractivity contribution >= 4 is 11.9 Å². The number of oxazole rings is 1. The van der Waals surface area contributed by atoms with E-state index in [4.69, 9.17) is 9.15 Å². The molecule has 6 heteroatoms. The maximum Gasteiger partial charge on any atom is 0.333 e. The van der Waals surface area contributed by atoms with E-state index in [0.29, 0.717) is 11.3 Å². The lowest BCUT2D eigenvalue weighted by Gasteiger charge is -2.16. The number of nitrogens with one attached hydrogen (secondary N) is 1. The van der Waals surface area contributed by atoms with Gasteiger partial charge in [-0.05, 0) is 12.5 Å². The normalized spacial score (nSPS) is 11.7. The standard InChI is InChI=1S/C14H14N2O4/c1-9-12(20-8-15-9)13(17)16-11(14(18)19-2)10-6-4-3-5-7-10/h3-8,11H,1-2H3,(H,16,17). The molecule has 1 unspecified atom stereocenters. The van der Waals surface area contributed by atoms with Crippen LogP contribution in [0.4, 0.5) is 0 Å². The Morgan fingerprint density at radius 2 is 2.00 bits per heavy atom. The van der Waals surface area contributed by atoms with Crippen LogP contribution >= 0.6 is 0 Å². The van der Waals surface area contributed by atoms with Crippen molar-refractivity contribution in [3.63, 3.8) is 0 Å². The van der Waals surface area contributed by atoms with Crippen molar-refractivity contribution in [1.82, 2.24) is 10.3 Å². The maximum absolute atomic E-state index is 12.1. The summed E-state index contributed by atoms with van der Waals surface area (Å²) in [5, 5.41) is 2.58. The summed E-state index contributed by atoms with van der Waals surface area (Å²) < 4.78 is 9.72. The summed E-state index contributed by atoms with van der Waals surface area (Å²) >= 11 is 0. The number of benzene rings is 1. The lowest BCUT2D eigenvalue weighted by molar-refractivity contribution is -0.143. The quantitative estimate of drug-likeness (QED) is 0.857. The van der Waals surface area contributed by atoms with Gasteiger partial charge < -0.3 is 14.5 Å². The van der Waals surface area contributed by atoms with Crippen LogP contribution in [0.1, 0.15) is 27.9 Å². The Morgan fingerprint density at radius 3 is 2.55 bits per heavy atom. The molecule has 0 fully saturated rings. The van der Waals surface area contributed by atoms with Crippen molar-refractivity contribution in [1.29, 1.82) is 0 Å². The fourth-order valence-electron chi connectivity index (χ4n) is 1.76. The lowest BCUT2D eigenvalue weighted by Crippen LogP contribution is -2.34. The first-order valence-electron chi connectivity index (χ1n) is 5.97. The zero-order valence-corrected chi connectivity index (χ0v) is 11.1. The van der Waals surface area contributed by atoms with Crippen LogP contribution in [0.3, 0.4) is 0 Å². The van der Waals surface area contributed by atoms with Crippen molar-refractivity contribution in [2.24, 2.45) is 0 Å². The monoisotopic (exact) mass is 274 g/mol. The van der Waals surface area contributed by atoms with E-state index >= 15 is 0 Å². The number of carbonyl (C=O) groups excluding carboxylic acids is 2. The van der Waals surface area contributed by atoms with Crippen LogP contribution in [0.25, 0.3) is 0 Å². The van der Waals surface area contributed by atoms with E-state index < -0.39 is 17.9 Å². The van der Waals surface area contributed by atoms with Gasteiger partial charge in [-0.2, -0.15) is 0 Å². The number of hydrogen-bond acceptors (Lipinski definition) is 5.